The number of carbonyl (C=O) groups excluding carboxylic acids is 1. The average molecular weight is 473 g/mol. The second kappa shape index (κ2) is 9.25. The molecule has 0 fully saturated rings. The summed E-state index contributed by atoms with van der Waals surface area (Å²) in [5, 5.41) is 3.43. The second-order valence-corrected chi connectivity index (χ2v) is 10.2. The summed E-state index contributed by atoms with van der Waals surface area (Å²) in [5.41, 5.74) is 1.09. The van der Waals surface area contributed by atoms with Gasteiger partial charge in [-0.3, -0.25) is 14.5 Å². The van der Waals surface area contributed by atoms with Crippen molar-refractivity contribution in [3.05, 3.63) is 52.7 Å². The Labute approximate surface area is 190 Å². The van der Waals surface area contributed by atoms with Crippen molar-refractivity contribution in [2.24, 2.45) is 4.99 Å². The number of aromatic nitrogens is 1. The number of furan rings is 1. The summed E-state index contributed by atoms with van der Waals surface area (Å²) >= 11 is 1.25. The quantitative estimate of drug-likeness (QED) is 0.567. The predicted octanol–water partition coefficient (Wildman–Crippen LogP) is 4.52. The van der Waals surface area contributed by atoms with Gasteiger partial charge >= 0.3 is 0 Å². The van der Waals surface area contributed by atoms with Crippen molar-refractivity contribution in [2.75, 3.05) is 11.9 Å². The molecule has 1 aliphatic heterocycles. The standard InChI is InChI=1S/C22H24N4O4S2/c1-14-7-12-18(30-14)22-24-15(2)20(31-22)21(27)25-16-8-10-17(11-9-16)32(28,29)26-19-6-4-3-5-13-23-19/h7-12H,3-6,13H2,1-2H3,(H,23,26)(H,25,27). The molecule has 3 heterocycles. The summed E-state index contributed by atoms with van der Waals surface area (Å²) in [6.45, 7) is 4.25. The Morgan fingerprint density at radius 1 is 1.06 bits per heavy atom. The number of nitrogens with one attached hydrogen (secondary N) is 2. The molecule has 0 unspecified atom stereocenters. The number of hydrogen-bond acceptors (Lipinski definition) is 7. The monoisotopic (exact) mass is 472 g/mol. The molecule has 2 N–H and O–H groups in total. The Hall–Kier alpha value is -2.98. The normalized spacial score (nSPS) is 14.5. The lowest BCUT2D eigenvalue weighted by atomic mass is 10.2. The van der Waals surface area contributed by atoms with E-state index in [4.69, 9.17) is 4.42 Å². The number of hydrogen-bond donors (Lipinski definition) is 2. The molecule has 0 spiro atoms. The molecule has 1 aliphatic rings. The number of carbonyl (C=O) groups is 1. The Kier molecular flexibility index (Phi) is 6.43. The summed E-state index contributed by atoms with van der Waals surface area (Å²) in [7, 11) is -3.72. The number of anilines is 1. The van der Waals surface area contributed by atoms with Crippen LogP contribution in [0.25, 0.3) is 10.8 Å². The zero-order valence-corrected chi connectivity index (χ0v) is 19.5. The number of rotatable bonds is 5. The third kappa shape index (κ3) is 5.08. The van der Waals surface area contributed by atoms with E-state index in [2.05, 4.69) is 20.0 Å². The fourth-order valence-corrected chi connectivity index (χ4v) is 5.35. The van der Waals surface area contributed by atoms with Gasteiger partial charge in [-0.1, -0.05) is 6.42 Å². The van der Waals surface area contributed by atoms with Crippen LogP contribution in [-0.2, 0) is 10.0 Å². The van der Waals surface area contributed by atoms with Gasteiger partial charge in [-0.05, 0) is 63.1 Å². The van der Waals surface area contributed by atoms with E-state index in [0.29, 0.717) is 45.8 Å². The maximum Gasteiger partial charge on any atom is 0.267 e. The lowest BCUT2D eigenvalue weighted by Gasteiger charge is -2.10. The van der Waals surface area contributed by atoms with Crippen LogP contribution < -0.4 is 10.0 Å². The summed E-state index contributed by atoms with van der Waals surface area (Å²) in [4.78, 5) is 22.1. The van der Waals surface area contributed by atoms with Gasteiger partial charge in [-0.2, -0.15) is 0 Å². The van der Waals surface area contributed by atoms with Gasteiger partial charge in [0.15, 0.2) is 10.8 Å². The SMILES string of the molecule is Cc1ccc(-c2nc(C)c(C(=O)Nc3ccc(S(=O)(=O)NC4=NCCCCC4)cc3)s2)o1. The Bertz CT molecular complexity index is 1260. The van der Waals surface area contributed by atoms with Crippen molar-refractivity contribution in [3.63, 3.8) is 0 Å². The minimum absolute atomic E-state index is 0.117. The molecule has 2 aromatic heterocycles. The highest BCUT2D eigenvalue weighted by atomic mass is 32.2. The number of nitrogens with zero attached hydrogens (tertiary/aromatic N) is 2. The Morgan fingerprint density at radius 2 is 1.84 bits per heavy atom. The number of sulfonamides is 1. The lowest BCUT2D eigenvalue weighted by Crippen LogP contribution is -2.30. The molecule has 3 aromatic rings. The van der Waals surface area contributed by atoms with E-state index in [1.54, 1.807) is 19.1 Å². The van der Waals surface area contributed by atoms with Gasteiger partial charge in [0.2, 0.25) is 0 Å². The third-order valence-corrected chi connectivity index (χ3v) is 7.57. The van der Waals surface area contributed by atoms with Crippen LogP contribution in [0.3, 0.4) is 0 Å². The molecule has 168 valence electrons. The van der Waals surface area contributed by atoms with Crippen LogP contribution in [0.4, 0.5) is 5.69 Å². The first-order chi connectivity index (χ1) is 15.3. The van der Waals surface area contributed by atoms with E-state index in [0.717, 1.165) is 25.0 Å². The number of benzene rings is 1. The molecule has 0 bridgehead atoms. The van der Waals surface area contributed by atoms with Crippen LogP contribution in [0.2, 0.25) is 0 Å². The first-order valence-corrected chi connectivity index (χ1v) is 12.6. The Balaban J connectivity index is 1.45. The van der Waals surface area contributed by atoms with Gasteiger partial charge in [-0.25, -0.2) is 13.4 Å². The molecule has 1 aromatic carbocycles. The molecule has 0 aliphatic carbocycles. The van der Waals surface area contributed by atoms with Crippen LogP contribution in [0.1, 0.15) is 46.8 Å². The highest BCUT2D eigenvalue weighted by Gasteiger charge is 2.20. The van der Waals surface area contributed by atoms with Crippen molar-refractivity contribution < 1.29 is 17.6 Å². The smallest absolute Gasteiger partial charge is 0.267 e. The van der Waals surface area contributed by atoms with Crippen molar-refractivity contribution in [1.82, 2.24) is 9.71 Å². The van der Waals surface area contributed by atoms with Crippen LogP contribution in [0.15, 0.2) is 50.7 Å². The predicted molar refractivity (Wildman–Crippen MR) is 125 cm³/mol. The Morgan fingerprint density at radius 3 is 2.56 bits per heavy atom. The first-order valence-electron chi connectivity index (χ1n) is 10.3. The van der Waals surface area contributed by atoms with E-state index in [9.17, 15) is 13.2 Å². The van der Waals surface area contributed by atoms with Gasteiger partial charge in [0.05, 0.1) is 10.6 Å². The van der Waals surface area contributed by atoms with Crippen LogP contribution >= 0.6 is 11.3 Å². The first kappa shape index (κ1) is 22.2. The number of aliphatic imine (C=N–C) groups is 1. The summed E-state index contributed by atoms with van der Waals surface area (Å²) < 4.78 is 33.5. The minimum atomic E-state index is -3.72. The van der Waals surface area contributed by atoms with Crippen molar-refractivity contribution >= 4 is 38.8 Å². The lowest BCUT2D eigenvalue weighted by molar-refractivity contribution is 0.103. The van der Waals surface area contributed by atoms with Crippen LogP contribution in [-0.4, -0.2) is 31.7 Å². The van der Waals surface area contributed by atoms with E-state index >= 15 is 0 Å². The van der Waals surface area contributed by atoms with Crippen molar-refractivity contribution in [3.8, 4) is 10.8 Å². The maximum absolute atomic E-state index is 12.7. The second-order valence-electron chi connectivity index (χ2n) is 7.57. The number of thiazole rings is 1. The molecule has 8 nitrogen and oxygen atoms in total. The maximum atomic E-state index is 12.7. The van der Waals surface area contributed by atoms with E-state index < -0.39 is 10.0 Å². The molecule has 32 heavy (non-hydrogen) atoms. The number of amidine groups is 1. The zero-order chi connectivity index (χ0) is 22.7. The molecule has 4 rings (SSSR count). The van der Waals surface area contributed by atoms with Gasteiger partial charge in [0, 0.05) is 18.7 Å². The molecule has 10 heteroatoms. The van der Waals surface area contributed by atoms with Gasteiger partial charge in [0.1, 0.15) is 16.5 Å². The van der Waals surface area contributed by atoms with Crippen molar-refractivity contribution in [2.45, 2.75) is 44.4 Å². The molecule has 0 atom stereocenters. The van der Waals surface area contributed by atoms with Crippen LogP contribution in [0.5, 0.6) is 0 Å². The van der Waals surface area contributed by atoms with Crippen molar-refractivity contribution in [1.29, 1.82) is 0 Å². The summed E-state index contributed by atoms with van der Waals surface area (Å²) in [5.74, 6) is 1.59. The largest absolute Gasteiger partial charge is 0.459 e. The summed E-state index contributed by atoms with van der Waals surface area (Å²) in [6.07, 6.45) is 3.57. The number of amides is 1. The third-order valence-electron chi connectivity index (χ3n) is 5.00. The van der Waals surface area contributed by atoms with E-state index in [1.807, 2.05) is 19.1 Å². The summed E-state index contributed by atoms with van der Waals surface area (Å²) in [6, 6.07) is 9.72. The average Bonchev–Trinajstić information content (AvgIpc) is 3.27. The molecular formula is C22H24N4O4S2. The molecule has 1 amide bonds. The molecule has 0 saturated carbocycles. The topological polar surface area (TPSA) is 114 Å². The van der Waals surface area contributed by atoms with Gasteiger partial charge in [0.25, 0.3) is 15.9 Å². The zero-order valence-electron chi connectivity index (χ0n) is 17.8. The fraction of sp³-hybridized carbons (Fsp3) is 0.318. The van der Waals surface area contributed by atoms with Crippen LogP contribution in [0, 0.1) is 13.8 Å². The minimum Gasteiger partial charge on any atom is -0.459 e. The molecule has 0 radical (unpaired) electrons. The van der Waals surface area contributed by atoms with Gasteiger partial charge in [-0.15, -0.1) is 11.3 Å². The highest BCUT2D eigenvalue weighted by molar-refractivity contribution is 7.90. The molecular weight excluding hydrogens is 448 g/mol. The van der Waals surface area contributed by atoms with Gasteiger partial charge < -0.3 is 9.73 Å². The fourth-order valence-electron chi connectivity index (χ4n) is 3.34. The number of aryl methyl sites for hydroxylation is 2. The molecule has 0 saturated heterocycles. The van der Waals surface area contributed by atoms with E-state index in [-0.39, 0.29) is 10.8 Å². The highest BCUT2D eigenvalue weighted by Crippen LogP contribution is 2.30. The van der Waals surface area contributed by atoms with E-state index in [1.165, 1.54) is 23.5 Å².